The fourth-order valence-corrected chi connectivity index (χ4v) is 8.86. The van der Waals surface area contributed by atoms with Gasteiger partial charge < -0.3 is 124 Å². The predicted octanol–water partition coefficient (Wildman–Crippen LogP) is -9.41. The number of furan rings is 1. The maximum atomic E-state index is 14.1. The molecule has 0 bridgehead atoms. The van der Waals surface area contributed by atoms with Crippen LogP contribution in [-0.2, 0) is 75.3 Å². The van der Waals surface area contributed by atoms with Gasteiger partial charge in [0.15, 0.2) is 11.9 Å². The van der Waals surface area contributed by atoms with Gasteiger partial charge in [0.1, 0.15) is 54.4 Å². The monoisotopic (exact) mass is 1370 g/mol. The number of aliphatic hydroxyl groups excluding tert-OH is 2. The summed E-state index contributed by atoms with van der Waals surface area (Å²) >= 11 is 0. The number of unbranched alkanes of at least 4 members (excludes halogenated alkanes) is 2. The van der Waals surface area contributed by atoms with Crippen molar-refractivity contribution in [1.82, 2.24) is 69.1 Å². The summed E-state index contributed by atoms with van der Waals surface area (Å²) in [6.45, 7) is 1.52. The van der Waals surface area contributed by atoms with E-state index in [-0.39, 0.29) is 89.5 Å². The highest BCUT2D eigenvalue weighted by Crippen LogP contribution is 2.10. The van der Waals surface area contributed by atoms with E-state index >= 15 is 0 Å². The second kappa shape index (κ2) is 46.1. The molecule has 13 amide bonds. The van der Waals surface area contributed by atoms with Crippen LogP contribution in [0.3, 0.4) is 0 Å². The minimum atomic E-state index is -1.73. The van der Waals surface area contributed by atoms with Gasteiger partial charge in [0.25, 0.3) is 0 Å². The van der Waals surface area contributed by atoms with Crippen molar-refractivity contribution in [2.45, 2.75) is 158 Å². The molecule has 0 aliphatic heterocycles. The Hall–Kier alpha value is -10.0. The average Bonchev–Trinajstić information content (AvgIpc) is 1.20. The maximum Gasteiger partial charge on any atom is 0.245 e. The number of hydrogen-bond donors (Lipinski definition) is 22. The summed E-state index contributed by atoms with van der Waals surface area (Å²) in [6.07, 6.45) is 3.03. The van der Waals surface area contributed by atoms with Crippen LogP contribution in [0.15, 0.2) is 63.3 Å². The van der Waals surface area contributed by atoms with Crippen molar-refractivity contribution in [2.24, 2.45) is 50.1 Å². The standard InChI is InChI=1S/C59H98N22O16/c1-33(73-46(86)30-72-57(96)48(35(3)83)81-55(94)42(25-36-13-5-4-6-14-36)75-47(87)29-71-45(85)28-70-44(84)27-67-26-37-19-24-97-32-37)50(89)77-41(18-12-23-69-59(65)66)53(92)79-39(16-8-10-21-61)54(93)80-43(31-82)56(95)74-34(2)51(90)78-40(17-11-22-68-58(63)64)52(91)76-38(49(62)88)15-7-9-20-60/h4-6,13-14,19,24,32-35,38-43,48,67,82-83H,7-12,15-18,20-23,25-31,60-61H2,1-3H3,(H2,62,88)(H,70,84)(H,71,85)(H,72,96)(H,73,86)(H,74,95)(H,75,87)(H,76,91)(H,77,89)(H,78,90)(H,79,92)(H,80,93)(H,81,94)(H4,63,64,68)(H4,65,66,69)/t33-,34-,35+,38-,39-,40-,41-,42-,43-,48+/m0/s1. The van der Waals surface area contributed by atoms with Gasteiger partial charge in [-0.1, -0.05) is 30.3 Å². The minimum Gasteiger partial charge on any atom is -0.472 e. The molecule has 1 aromatic carbocycles. The number of guanidine groups is 2. The smallest absolute Gasteiger partial charge is 0.245 e. The van der Waals surface area contributed by atoms with Crippen LogP contribution >= 0.6 is 0 Å². The van der Waals surface area contributed by atoms with Crippen molar-refractivity contribution >= 4 is 88.7 Å². The molecule has 29 N–H and O–H groups in total. The number of nitrogens with zero attached hydrogens (tertiary/aromatic N) is 2. The van der Waals surface area contributed by atoms with E-state index in [2.05, 4.69) is 79.1 Å². The predicted molar refractivity (Wildman–Crippen MR) is 352 cm³/mol. The van der Waals surface area contributed by atoms with Crippen molar-refractivity contribution in [3.63, 3.8) is 0 Å². The molecule has 0 saturated carbocycles. The Morgan fingerprint density at radius 2 is 0.897 bits per heavy atom. The first kappa shape index (κ1) is 83.0. The molecule has 0 aliphatic rings. The molecule has 10 atom stereocenters. The topological polar surface area (TPSA) is 639 Å². The number of carbonyl (C=O) groups is 13. The third-order valence-electron chi connectivity index (χ3n) is 14.2. The van der Waals surface area contributed by atoms with Crippen LogP contribution in [0.25, 0.3) is 0 Å². The molecule has 0 radical (unpaired) electrons. The molecule has 0 spiro atoms. The van der Waals surface area contributed by atoms with Gasteiger partial charge in [0, 0.05) is 31.6 Å². The lowest BCUT2D eigenvalue weighted by atomic mass is 10.0. The van der Waals surface area contributed by atoms with Crippen molar-refractivity contribution < 1.29 is 77.0 Å². The lowest BCUT2D eigenvalue weighted by Crippen LogP contribution is -2.60. The van der Waals surface area contributed by atoms with Gasteiger partial charge in [0.2, 0.25) is 76.8 Å². The van der Waals surface area contributed by atoms with E-state index in [1.165, 1.54) is 33.3 Å². The van der Waals surface area contributed by atoms with Crippen molar-refractivity contribution in [1.29, 1.82) is 0 Å². The van der Waals surface area contributed by atoms with Crippen molar-refractivity contribution in [2.75, 3.05) is 59.0 Å². The number of aliphatic hydroxyl groups is 2. The second-order valence-corrected chi connectivity index (χ2v) is 22.4. The summed E-state index contributed by atoms with van der Waals surface area (Å²) in [6, 6.07) is -2.84. The van der Waals surface area contributed by atoms with E-state index in [0.717, 1.165) is 5.56 Å². The minimum absolute atomic E-state index is 0.0239. The zero-order chi connectivity index (χ0) is 72.4. The summed E-state index contributed by atoms with van der Waals surface area (Å²) in [5, 5.41) is 52.9. The normalized spacial score (nSPS) is 13.9. The Morgan fingerprint density at radius 1 is 0.454 bits per heavy atom. The van der Waals surface area contributed by atoms with E-state index in [0.29, 0.717) is 37.9 Å². The Labute approximate surface area is 560 Å². The van der Waals surface area contributed by atoms with Crippen LogP contribution in [0, 0.1) is 0 Å². The lowest BCUT2D eigenvalue weighted by Gasteiger charge is -2.26. The van der Waals surface area contributed by atoms with Crippen molar-refractivity contribution in [3.05, 3.63) is 60.1 Å². The molecule has 2 rings (SSSR count). The zero-order valence-corrected chi connectivity index (χ0v) is 54.8. The first-order valence-corrected chi connectivity index (χ1v) is 31.5. The van der Waals surface area contributed by atoms with Gasteiger partial charge >= 0.3 is 0 Å². The first-order chi connectivity index (χ1) is 46.1. The quantitative estimate of drug-likeness (QED) is 0.0166. The lowest BCUT2D eigenvalue weighted by molar-refractivity contribution is -0.136. The van der Waals surface area contributed by atoms with Gasteiger partial charge in [-0.25, -0.2) is 0 Å². The Morgan fingerprint density at radius 3 is 1.39 bits per heavy atom. The second-order valence-electron chi connectivity index (χ2n) is 22.4. The largest absolute Gasteiger partial charge is 0.472 e. The Bertz CT molecular complexity index is 2930. The van der Waals surface area contributed by atoms with Crippen LogP contribution in [0.5, 0.6) is 0 Å². The first-order valence-electron chi connectivity index (χ1n) is 31.5. The highest BCUT2D eigenvalue weighted by Gasteiger charge is 2.34. The van der Waals surface area contributed by atoms with E-state index in [9.17, 15) is 72.5 Å². The zero-order valence-electron chi connectivity index (χ0n) is 54.8. The highest BCUT2D eigenvalue weighted by atomic mass is 16.3. The summed E-state index contributed by atoms with van der Waals surface area (Å²) in [5.74, 6) is -11.9. The number of rotatable bonds is 48. The van der Waals surface area contributed by atoms with E-state index in [1.54, 1.807) is 36.4 Å². The molecule has 0 fully saturated rings. The molecule has 0 aliphatic carbocycles. The Kier molecular flexibility index (Phi) is 39.5. The summed E-state index contributed by atoms with van der Waals surface area (Å²) < 4.78 is 4.97. The molecule has 1 heterocycles. The molecule has 38 nitrogen and oxygen atoms in total. The van der Waals surface area contributed by atoms with Gasteiger partial charge in [-0.05, 0) is 110 Å². The molecule has 1 aromatic heterocycles. The van der Waals surface area contributed by atoms with Gasteiger partial charge in [-0.2, -0.15) is 0 Å². The van der Waals surface area contributed by atoms with E-state index in [1.807, 2.05) is 0 Å². The van der Waals surface area contributed by atoms with Crippen LogP contribution in [0.2, 0.25) is 0 Å². The molecule has 0 unspecified atom stereocenters. The van der Waals surface area contributed by atoms with Crippen molar-refractivity contribution in [3.8, 4) is 0 Å². The van der Waals surface area contributed by atoms with Gasteiger partial charge in [-0.15, -0.1) is 0 Å². The van der Waals surface area contributed by atoms with Crippen LogP contribution in [0.4, 0.5) is 0 Å². The summed E-state index contributed by atoms with van der Waals surface area (Å²) in [7, 11) is 0. The molecule has 540 valence electrons. The number of benzene rings is 1. The number of nitrogens with one attached hydrogen (secondary N) is 13. The van der Waals surface area contributed by atoms with Crippen LogP contribution in [-0.4, -0.2) is 218 Å². The highest BCUT2D eigenvalue weighted by molar-refractivity contribution is 5.99. The molecule has 38 heteroatoms. The van der Waals surface area contributed by atoms with E-state index in [4.69, 9.17) is 44.6 Å². The molecule has 0 saturated heterocycles. The molecular weight excluding hydrogens is 1270 g/mol. The molecule has 2 aromatic rings. The third-order valence-corrected chi connectivity index (χ3v) is 14.2. The fourth-order valence-electron chi connectivity index (χ4n) is 8.86. The summed E-state index contributed by atoms with van der Waals surface area (Å²) in [4.78, 5) is 181. The third kappa shape index (κ3) is 34.8. The van der Waals surface area contributed by atoms with Gasteiger partial charge in [-0.3, -0.25) is 72.3 Å². The van der Waals surface area contributed by atoms with Crippen LogP contribution in [0.1, 0.15) is 96.1 Å². The number of hydrogen-bond acceptors (Lipinski definition) is 21. The van der Waals surface area contributed by atoms with Gasteiger partial charge in [0.05, 0.1) is 51.4 Å². The SMILES string of the molecule is C[C@H](NC(=O)CNC(=O)[C@H](NC(=O)[C@H](Cc1ccccc1)NC(=O)CNC(=O)CNC(=O)CNCc1ccoc1)[C@@H](C)O)C(=O)N[C@@H](CCCN=C(N)N)C(=O)N[C@@H](CCCCN)C(=O)N[C@@H](CO)C(=O)N[C@@H](C)C(=O)N[C@@H](CCCN=C(N)N)C(=O)N[C@@H](CCCCN)C(N)=O. The number of nitrogens with two attached hydrogens (primary N) is 7. The molecule has 97 heavy (non-hydrogen) atoms. The maximum absolute atomic E-state index is 14.1. The number of primary amides is 1. The Balaban J connectivity index is 2.16. The van der Waals surface area contributed by atoms with E-state index < -0.39 is 164 Å². The molecular formula is C59H98N22O16. The fraction of sp³-hybridized carbons (Fsp3) is 0.576. The average molecular weight is 1370 g/mol. The number of aliphatic imine (C=N–C) groups is 2. The summed E-state index contributed by atoms with van der Waals surface area (Å²) in [5.41, 5.74) is 40.0. The number of amides is 13. The van der Waals surface area contributed by atoms with Crippen LogP contribution < -0.4 is 109 Å². The number of carbonyl (C=O) groups excluding carboxylic acids is 13.